The number of hydrogen-bond donors (Lipinski definition) is 2. The first-order chi connectivity index (χ1) is 14.6. The molecule has 0 saturated carbocycles. The van der Waals surface area contributed by atoms with Crippen molar-refractivity contribution in [2.75, 3.05) is 24.0 Å². The summed E-state index contributed by atoms with van der Waals surface area (Å²) < 4.78 is 45.5. The number of benzene rings is 1. The molecule has 0 bridgehead atoms. The molecule has 0 aliphatic carbocycles. The van der Waals surface area contributed by atoms with Crippen LogP contribution >= 0.6 is 0 Å². The molecule has 0 aliphatic heterocycles. The highest BCUT2D eigenvalue weighted by molar-refractivity contribution is 7.92. The first-order valence-electron chi connectivity index (χ1n) is 8.98. The van der Waals surface area contributed by atoms with E-state index in [1.54, 1.807) is 18.2 Å². The lowest BCUT2D eigenvalue weighted by molar-refractivity contribution is 0.588. The molecule has 4 rings (SSSR count). The molecule has 4 N–H and O–H groups in total. The van der Waals surface area contributed by atoms with Crippen molar-refractivity contribution in [1.82, 2.24) is 24.7 Å². The largest absolute Gasteiger partial charge is 0.382 e. The van der Waals surface area contributed by atoms with Gasteiger partial charge in [-0.15, -0.1) is 0 Å². The Morgan fingerprint density at radius 1 is 1.13 bits per heavy atom. The molecule has 0 fully saturated rings. The summed E-state index contributed by atoms with van der Waals surface area (Å²) in [6, 6.07) is 7.45. The molecule has 0 amide bonds. The van der Waals surface area contributed by atoms with Crippen LogP contribution in [-0.4, -0.2) is 41.5 Å². The Hall–Kier alpha value is -3.67. The molecule has 160 valence electrons. The predicted molar refractivity (Wildman–Crippen MR) is 115 cm³/mol. The van der Waals surface area contributed by atoms with E-state index in [9.17, 15) is 13.0 Å². The summed E-state index contributed by atoms with van der Waals surface area (Å²) in [4.78, 5) is 12.4. The van der Waals surface area contributed by atoms with Gasteiger partial charge in [-0.25, -0.2) is 32.6 Å². The van der Waals surface area contributed by atoms with E-state index in [1.807, 2.05) is 0 Å². The Kier molecular flexibility index (Phi) is 5.01. The van der Waals surface area contributed by atoms with Crippen molar-refractivity contribution in [3.05, 3.63) is 53.7 Å². The summed E-state index contributed by atoms with van der Waals surface area (Å²) >= 11 is 0. The molecular weight excluding hydrogens is 426 g/mol. The normalized spacial score (nSPS) is 11.7. The zero-order valence-corrected chi connectivity index (χ0v) is 17.4. The highest BCUT2D eigenvalue weighted by Gasteiger charge is 2.20. The fourth-order valence-corrected chi connectivity index (χ4v) is 3.63. The van der Waals surface area contributed by atoms with Crippen molar-refractivity contribution in [3.8, 4) is 11.5 Å². The SMILES string of the molecule is CS(C)(=O)=Nc1c(N)nc(-c2nn(Cc3ccccc3F)c3ncc(F)cc23)nc1N. The standard InChI is InChI=1S/C19H18F2N8OS/c1-31(2,30)28-15-16(22)25-18(26-17(15)23)14-12-7-11(20)8-24-19(12)29(27-14)9-10-5-3-4-6-13(10)21/h3-8H,9H2,1-2H3,(H4,22,23,25,26). The molecule has 3 aromatic heterocycles. The van der Waals surface area contributed by atoms with E-state index in [4.69, 9.17) is 11.5 Å². The van der Waals surface area contributed by atoms with E-state index in [0.717, 1.165) is 6.20 Å². The highest BCUT2D eigenvalue weighted by atomic mass is 32.2. The second-order valence-corrected chi connectivity index (χ2v) is 9.61. The van der Waals surface area contributed by atoms with Gasteiger partial charge in [-0.3, -0.25) is 0 Å². The van der Waals surface area contributed by atoms with Gasteiger partial charge in [-0.2, -0.15) is 9.46 Å². The number of anilines is 2. The number of hydrogen-bond acceptors (Lipinski definition) is 8. The molecule has 0 unspecified atom stereocenters. The van der Waals surface area contributed by atoms with Crippen LogP contribution in [0, 0.1) is 11.6 Å². The summed E-state index contributed by atoms with van der Waals surface area (Å²) in [5.74, 6) is -1.19. The lowest BCUT2D eigenvalue weighted by Gasteiger charge is -2.06. The summed E-state index contributed by atoms with van der Waals surface area (Å²) in [7, 11) is -2.55. The van der Waals surface area contributed by atoms with E-state index < -0.39 is 21.4 Å². The fraction of sp³-hybridized carbons (Fsp3) is 0.158. The number of nitrogen functional groups attached to an aromatic ring is 2. The predicted octanol–water partition coefficient (Wildman–Crippen LogP) is 2.74. The molecule has 3 heterocycles. The maximum absolute atomic E-state index is 14.1. The third kappa shape index (κ3) is 4.14. The minimum Gasteiger partial charge on any atom is -0.382 e. The Morgan fingerprint density at radius 2 is 1.81 bits per heavy atom. The molecule has 4 aromatic rings. The van der Waals surface area contributed by atoms with Gasteiger partial charge in [0.05, 0.1) is 18.1 Å². The highest BCUT2D eigenvalue weighted by Crippen LogP contribution is 2.32. The van der Waals surface area contributed by atoms with Crippen LogP contribution in [0.5, 0.6) is 0 Å². The smallest absolute Gasteiger partial charge is 0.184 e. The quantitative estimate of drug-likeness (QED) is 0.493. The van der Waals surface area contributed by atoms with Gasteiger partial charge in [0.1, 0.15) is 17.3 Å². The van der Waals surface area contributed by atoms with E-state index in [0.29, 0.717) is 16.6 Å². The average molecular weight is 444 g/mol. The Bertz CT molecular complexity index is 1410. The third-order valence-electron chi connectivity index (χ3n) is 4.29. The molecule has 0 saturated heterocycles. The second-order valence-electron chi connectivity index (χ2n) is 7.06. The Labute approximate surface area is 176 Å². The summed E-state index contributed by atoms with van der Waals surface area (Å²) in [6.45, 7) is 0.0495. The lowest BCUT2D eigenvalue weighted by atomic mass is 10.2. The van der Waals surface area contributed by atoms with Crippen LogP contribution in [0.15, 0.2) is 40.9 Å². The monoisotopic (exact) mass is 444 g/mol. The third-order valence-corrected chi connectivity index (χ3v) is 4.91. The molecule has 0 spiro atoms. The minimum atomic E-state index is -2.55. The van der Waals surface area contributed by atoms with Gasteiger partial charge in [0.25, 0.3) is 0 Å². The molecule has 0 aliphatic rings. The van der Waals surface area contributed by atoms with Crippen molar-refractivity contribution in [2.24, 2.45) is 4.36 Å². The number of rotatable bonds is 4. The van der Waals surface area contributed by atoms with Gasteiger partial charge in [0.15, 0.2) is 28.8 Å². The van der Waals surface area contributed by atoms with Crippen LogP contribution in [0.2, 0.25) is 0 Å². The van der Waals surface area contributed by atoms with Gasteiger partial charge in [0, 0.05) is 27.8 Å². The van der Waals surface area contributed by atoms with Crippen LogP contribution in [0.25, 0.3) is 22.6 Å². The lowest BCUT2D eigenvalue weighted by Crippen LogP contribution is -2.06. The van der Waals surface area contributed by atoms with Crippen molar-refractivity contribution in [2.45, 2.75) is 6.54 Å². The van der Waals surface area contributed by atoms with Crippen molar-refractivity contribution >= 4 is 38.1 Å². The average Bonchev–Trinajstić information content (AvgIpc) is 3.03. The molecule has 0 atom stereocenters. The van der Waals surface area contributed by atoms with Crippen molar-refractivity contribution < 1.29 is 13.0 Å². The maximum atomic E-state index is 14.1. The van der Waals surface area contributed by atoms with Gasteiger partial charge >= 0.3 is 0 Å². The zero-order chi connectivity index (χ0) is 22.3. The van der Waals surface area contributed by atoms with Crippen LogP contribution < -0.4 is 11.5 Å². The number of pyridine rings is 1. The van der Waals surface area contributed by atoms with E-state index in [1.165, 1.54) is 29.3 Å². The van der Waals surface area contributed by atoms with Gasteiger partial charge in [-0.05, 0) is 12.1 Å². The van der Waals surface area contributed by atoms with Crippen LogP contribution in [0.3, 0.4) is 0 Å². The molecule has 0 radical (unpaired) electrons. The fourth-order valence-electron chi connectivity index (χ4n) is 3.01. The number of fused-ring (bicyclic) bond motifs is 1. The van der Waals surface area contributed by atoms with Crippen LogP contribution in [0.1, 0.15) is 5.56 Å². The molecule has 31 heavy (non-hydrogen) atoms. The van der Waals surface area contributed by atoms with E-state index in [-0.39, 0.29) is 35.4 Å². The van der Waals surface area contributed by atoms with Crippen LogP contribution in [0.4, 0.5) is 26.1 Å². The first kappa shape index (κ1) is 20.6. The topological polar surface area (TPSA) is 138 Å². The van der Waals surface area contributed by atoms with Crippen molar-refractivity contribution in [1.29, 1.82) is 0 Å². The number of nitrogens with zero attached hydrogens (tertiary/aromatic N) is 6. The zero-order valence-electron chi connectivity index (χ0n) is 16.6. The van der Waals surface area contributed by atoms with Crippen molar-refractivity contribution in [3.63, 3.8) is 0 Å². The van der Waals surface area contributed by atoms with Crippen LogP contribution in [-0.2, 0) is 16.3 Å². The molecular formula is C19H18F2N8OS. The molecule has 12 heteroatoms. The van der Waals surface area contributed by atoms with Gasteiger partial charge in [-0.1, -0.05) is 18.2 Å². The number of nitrogens with two attached hydrogens (primary N) is 2. The summed E-state index contributed by atoms with van der Waals surface area (Å²) in [6.07, 6.45) is 3.88. The number of aromatic nitrogens is 5. The molecule has 1 aromatic carbocycles. The van der Waals surface area contributed by atoms with Gasteiger partial charge < -0.3 is 11.5 Å². The first-order valence-corrected chi connectivity index (χ1v) is 11.3. The second kappa shape index (κ2) is 7.54. The summed E-state index contributed by atoms with van der Waals surface area (Å²) in [5.41, 5.74) is 12.8. The van der Waals surface area contributed by atoms with Gasteiger partial charge in [0.2, 0.25) is 0 Å². The number of halogens is 2. The summed E-state index contributed by atoms with van der Waals surface area (Å²) in [5, 5.41) is 4.72. The minimum absolute atomic E-state index is 0.0114. The van der Waals surface area contributed by atoms with E-state index in [2.05, 4.69) is 24.4 Å². The Morgan fingerprint density at radius 3 is 2.45 bits per heavy atom. The molecule has 9 nitrogen and oxygen atoms in total. The maximum Gasteiger partial charge on any atom is 0.184 e. The van der Waals surface area contributed by atoms with E-state index >= 15 is 0 Å². The Balaban J connectivity index is 1.90.